The first kappa shape index (κ1) is 12.6. The maximum absolute atomic E-state index is 9.97. The molecule has 5 heteroatoms. The summed E-state index contributed by atoms with van der Waals surface area (Å²) < 4.78 is -0.771. The summed E-state index contributed by atoms with van der Waals surface area (Å²) >= 11 is 7.44. The van der Waals surface area contributed by atoms with Crippen LogP contribution in [0.3, 0.4) is 0 Å². The van der Waals surface area contributed by atoms with Crippen LogP contribution in [0.25, 0.3) is 0 Å². The summed E-state index contributed by atoms with van der Waals surface area (Å²) in [6, 6.07) is 0. The van der Waals surface area contributed by atoms with Crippen LogP contribution in [0.2, 0.25) is 0 Å². The van der Waals surface area contributed by atoms with Crippen molar-refractivity contribution in [1.82, 2.24) is 0 Å². The van der Waals surface area contributed by atoms with Crippen LogP contribution < -0.4 is 0 Å². The van der Waals surface area contributed by atoms with Crippen molar-refractivity contribution >= 4 is 50.3 Å². The van der Waals surface area contributed by atoms with Crippen LogP contribution >= 0.6 is 15.9 Å². The molecule has 0 rings (SSSR count). The van der Waals surface area contributed by atoms with E-state index in [0.29, 0.717) is 0 Å². The Morgan fingerprint density at radius 2 is 1.67 bits per heavy atom. The second kappa shape index (κ2) is 5.75. The van der Waals surface area contributed by atoms with Gasteiger partial charge in [0.1, 0.15) is 4.32 Å². The molecule has 9 heavy (non-hydrogen) atoms. The molecule has 0 heterocycles. The van der Waals surface area contributed by atoms with E-state index in [1.165, 1.54) is 0 Å². The summed E-state index contributed by atoms with van der Waals surface area (Å²) in [5.41, 5.74) is 0. The molecule has 0 aromatic rings. The molecule has 2 nitrogen and oxygen atoms in total. The average molecular weight is 327 g/mol. The third-order valence-corrected chi connectivity index (χ3v) is 0.848. The molecular weight excluding hydrogens is 318 g/mol. The van der Waals surface area contributed by atoms with Gasteiger partial charge in [-0.3, -0.25) is 4.79 Å². The molecule has 0 saturated carbocycles. The number of alkyl halides is 1. The van der Waals surface area contributed by atoms with E-state index in [0.717, 1.165) is 0 Å². The molecular formula is C4H9BrO2Se2. The van der Waals surface area contributed by atoms with Gasteiger partial charge in [0.2, 0.25) is 0 Å². The van der Waals surface area contributed by atoms with E-state index < -0.39 is 10.3 Å². The SMILES string of the molecule is CC(C)(Br)C(=O)O.[SeH][SeH]. The van der Waals surface area contributed by atoms with Gasteiger partial charge in [0.15, 0.2) is 0 Å². The predicted octanol–water partition coefficient (Wildman–Crippen LogP) is -0.0525. The van der Waals surface area contributed by atoms with E-state index in [1.54, 1.807) is 13.8 Å². The summed E-state index contributed by atoms with van der Waals surface area (Å²) in [4.78, 5) is 9.97. The van der Waals surface area contributed by atoms with Gasteiger partial charge in [-0.25, -0.2) is 0 Å². The van der Waals surface area contributed by atoms with Gasteiger partial charge in [-0.2, -0.15) is 0 Å². The zero-order valence-electron chi connectivity index (χ0n) is 5.13. The second-order valence-corrected chi connectivity index (χ2v) is 3.76. The van der Waals surface area contributed by atoms with Crippen molar-refractivity contribution in [3.05, 3.63) is 0 Å². The van der Waals surface area contributed by atoms with Gasteiger partial charge < -0.3 is 5.11 Å². The molecule has 0 aliphatic carbocycles. The minimum atomic E-state index is -0.840. The van der Waals surface area contributed by atoms with Gasteiger partial charge in [-0.15, -0.1) is 0 Å². The Labute approximate surface area is 78.1 Å². The fourth-order valence-corrected chi connectivity index (χ4v) is 0. The van der Waals surface area contributed by atoms with Crippen LogP contribution in [0.1, 0.15) is 13.8 Å². The molecule has 1 N–H and O–H groups in total. The third kappa shape index (κ3) is 8.99. The first-order valence-electron chi connectivity index (χ1n) is 2.07. The molecule has 0 fully saturated rings. The fraction of sp³-hybridized carbons (Fsp3) is 0.750. The standard InChI is InChI=1S/C4H7BrO2.H2Se2/c1-4(2,5)3(6)7;1-2/h1-2H3,(H,6,7);1-2H. The van der Waals surface area contributed by atoms with Crippen LogP contribution in [0.15, 0.2) is 0 Å². The summed E-state index contributed by atoms with van der Waals surface area (Å²) in [6.07, 6.45) is 0. The molecule has 0 spiro atoms. The van der Waals surface area contributed by atoms with Crippen molar-refractivity contribution in [2.75, 3.05) is 0 Å². The maximum atomic E-state index is 9.97. The van der Waals surface area contributed by atoms with Crippen LogP contribution in [0, 0.1) is 0 Å². The van der Waals surface area contributed by atoms with Crippen LogP contribution in [-0.4, -0.2) is 43.8 Å². The number of rotatable bonds is 1. The number of carbonyl (C=O) groups is 1. The zero-order chi connectivity index (χ0) is 8.08. The average Bonchev–Trinajstić information content (AvgIpc) is 1.69. The summed E-state index contributed by atoms with van der Waals surface area (Å²) in [5.74, 6) is -0.840. The molecule has 0 unspecified atom stereocenters. The van der Waals surface area contributed by atoms with E-state index >= 15 is 0 Å². The van der Waals surface area contributed by atoms with Crippen molar-refractivity contribution in [2.45, 2.75) is 18.2 Å². The Bertz CT molecular complexity index is 89.1. The van der Waals surface area contributed by atoms with Crippen molar-refractivity contribution in [3.8, 4) is 0 Å². The monoisotopic (exact) mass is 328 g/mol. The normalized spacial score (nSPS) is 9.44. The third-order valence-electron chi connectivity index (χ3n) is 0.509. The first-order valence-corrected chi connectivity index (χ1v) is 8.06. The Morgan fingerprint density at radius 1 is 1.56 bits per heavy atom. The number of carboxylic acids is 1. The number of hydrogen-bond acceptors (Lipinski definition) is 1. The van der Waals surface area contributed by atoms with Crippen LogP contribution in [-0.2, 0) is 4.79 Å². The molecule has 0 bridgehead atoms. The van der Waals surface area contributed by atoms with Gasteiger partial charge in [-0.1, -0.05) is 15.9 Å². The molecule has 0 aliphatic rings. The number of carboxylic acid groups (broad SMARTS) is 1. The molecule has 0 saturated heterocycles. The van der Waals surface area contributed by atoms with Crippen molar-refractivity contribution < 1.29 is 9.90 Å². The molecule has 0 aliphatic heterocycles. The quantitative estimate of drug-likeness (QED) is 0.542. The van der Waals surface area contributed by atoms with E-state index in [9.17, 15) is 4.79 Å². The summed E-state index contributed by atoms with van der Waals surface area (Å²) in [6.45, 7) is 3.16. The molecule has 0 radical (unpaired) electrons. The van der Waals surface area contributed by atoms with Gasteiger partial charge in [-0.05, 0) is 13.8 Å². The van der Waals surface area contributed by atoms with Gasteiger partial charge in [0.05, 0.1) is 0 Å². The first-order chi connectivity index (χ1) is 3.94. The topological polar surface area (TPSA) is 37.3 Å². The Morgan fingerprint density at radius 3 is 1.67 bits per heavy atom. The van der Waals surface area contributed by atoms with E-state index in [2.05, 4.69) is 44.3 Å². The van der Waals surface area contributed by atoms with Crippen LogP contribution in [0.4, 0.5) is 0 Å². The van der Waals surface area contributed by atoms with E-state index in [-0.39, 0.29) is 0 Å². The zero-order valence-corrected chi connectivity index (χ0v) is 10.5. The summed E-state index contributed by atoms with van der Waals surface area (Å²) in [7, 11) is 0. The second-order valence-electron chi connectivity index (χ2n) is 1.78. The van der Waals surface area contributed by atoms with Gasteiger partial charge >= 0.3 is 34.3 Å². The molecule has 0 amide bonds. The Kier molecular flexibility index (Phi) is 8.08. The number of halogens is 1. The van der Waals surface area contributed by atoms with Crippen molar-refractivity contribution in [3.63, 3.8) is 0 Å². The minimum absolute atomic E-state index is 0.771. The van der Waals surface area contributed by atoms with Gasteiger partial charge in [0.25, 0.3) is 0 Å². The molecule has 0 atom stereocenters. The molecule has 0 aromatic carbocycles. The fourth-order valence-electron chi connectivity index (χ4n) is 0. The predicted molar refractivity (Wildman–Crippen MR) is 44.9 cm³/mol. The van der Waals surface area contributed by atoms with E-state index in [1.807, 2.05) is 0 Å². The Hall–Kier alpha value is 0.989. The molecule has 0 aromatic heterocycles. The number of hydrogen-bond donors (Lipinski definition) is 1. The van der Waals surface area contributed by atoms with Gasteiger partial charge in [0, 0.05) is 0 Å². The molecule has 56 valence electrons. The summed E-state index contributed by atoms with van der Waals surface area (Å²) in [5, 5.41) is 8.20. The van der Waals surface area contributed by atoms with Crippen molar-refractivity contribution in [2.24, 2.45) is 0 Å². The van der Waals surface area contributed by atoms with Crippen LogP contribution in [0.5, 0.6) is 0 Å². The Balaban J connectivity index is 0. The van der Waals surface area contributed by atoms with E-state index in [4.69, 9.17) is 5.11 Å². The van der Waals surface area contributed by atoms with Crippen molar-refractivity contribution in [1.29, 1.82) is 0 Å². The number of aliphatic carboxylic acids is 1.